The molecule has 1 aliphatic heterocycles. The van der Waals surface area contributed by atoms with Crippen LogP contribution in [0.25, 0.3) is 10.2 Å². The number of carbonyl (C=O) groups excluding carboxylic acids is 1. The van der Waals surface area contributed by atoms with E-state index in [0.29, 0.717) is 11.7 Å². The Hall–Kier alpha value is -2.56. The van der Waals surface area contributed by atoms with Crippen molar-refractivity contribution < 1.29 is 14.3 Å². The van der Waals surface area contributed by atoms with Gasteiger partial charge in [0.2, 0.25) is 0 Å². The molecule has 9 nitrogen and oxygen atoms in total. The number of aromatic nitrogens is 4. The fourth-order valence-corrected chi connectivity index (χ4v) is 4.27. The van der Waals surface area contributed by atoms with E-state index in [0.717, 1.165) is 55.2 Å². The maximum atomic E-state index is 13.0. The number of amides is 1. The van der Waals surface area contributed by atoms with E-state index in [1.807, 2.05) is 18.2 Å². The third-order valence-corrected chi connectivity index (χ3v) is 5.90. The van der Waals surface area contributed by atoms with Crippen LogP contribution < -0.4 is 9.64 Å². The van der Waals surface area contributed by atoms with Gasteiger partial charge in [0.1, 0.15) is 24.9 Å². The summed E-state index contributed by atoms with van der Waals surface area (Å²) in [5.41, 5.74) is 0.830. The van der Waals surface area contributed by atoms with E-state index < -0.39 is 0 Å². The van der Waals surface area contributed by atoms with Crippen molar-refractivity contribution in [1.29, 1.82) is 0 Å². The number of nitrogens with zero attached hydrogens (tertiary/aromatic N) is 6. The summed E-state index contributed by atoms with van der Waals surface area (Å²) in [4.78, 5) is 25.8. The molecular weight excluding hydrogens is 392 g/mol. The highest BCUT2D eigenvalue weighted by atomic mass is 32.1. The smallest absolute Gasteiger partial charge is 0.250 e. The van der Waals surface area contributed by atoms with Gasteiger partial charge in [-0.15, -0.1) is 0 Å². The Balaban J connectivity index is 1.50. The molecule has 1 aliphatic rings. The molecule has 3 aromatic rings. The predicted molar refractivity (Wildman–Crippen MR) is 110 cm³/mol. The molecule has 0 N–H and O–H groups in total. The average molecular weight is 417 g/mol. The Kier molecular flexibility index (Phi) is 6.33. The van der Waals surface area contributed by atoms with E-state index in [4.69, 9.17) is 14.5 Å². The lowest BCUT2D eigenvalue weighted by Crippen LogP contribution is -2.40. The van der Waals surface area contributed by atoms with E-state index in [-0.39, 0.29) is 12.5 Å². The second-order valence-electron chi connectivity index (χ2n) is 6.78. The van der Waals surface area contributed by atoms with Crippen LogP contribution in [0.3, 0.4) is 0 Å². The first-order valence-corrected chi connectivity index (χ1v) is 10.4. The number of ether oxygens (including phenoxy) is 2. The van der Waals surface area contributed by atoms with Crippen molar-refractivity contribution in [3.05, 3.63) is 30.9 Å². The number of fused-ring (bicyclic) bond motifs is 1. The summed E-state index contributed by atoms with van der Waals surface area (Å²) >= 11 is 1.51. The molecule has 1 fully saturated rings. The summed E-state index contributed by atoms with van der Waals surface area (Å²) in [6.07, 6.45) is 3.84. The molecule has 29 heavy (non-hydrogen) atoms. The molecule has 1 aromatic carbocycles. The molecule has 0 spiro atoms. The van der Waals surface area contributed by atoms with Gasteiger partial charge in [0, 0.05) is 32.2 Å². The number of thiazole rings is 1. The van der Waals surface area contributed by atoms with Crippen LogP contribution >= 0.6 is 11.3 Å². The summed E-state index contributed by atoms with van der Waals surface area (Å²) in [6, 6.07) is 5.77. The van der Waals surface area contributed by atoms with Crippen molar-refractivity contribution in [3.8, 4) is 5.75 Å². The minimum Gasteiger partial charge on any atom is -0.497 e. The lowest BCUT2D eigenvalue weighted by Gasteiger charge is -2.27. The quantitative estimate of drug-likeness (QED) is 0.552. The van der Waals surface area contributed by atoms with Crippen molar-refractivity contribution in [2.75, 3.05) is 51.4 Å². The predicted octanol–water partition coefficient (Wildman–Crippen LogP) is 1.65. The van der Waals surface area contributed by atoms with Crippen LogP contribution in [0, 0.1) is 0 Å². The first kappa shape index (κ1) is 19.7. The molecule has 2 aromatic heterocycles. The van der Waals surface area contributed by atoms with Crippen molar-refractivity contribution in [2.45, 2.75) is 13.0 Å². The van der Waals surface area contributed by atoms with Gasteiger partial charge in [-0.2, -0.15) is 5.10 Å². The molecule has 10 heteroatoms. The highest BCUT2D eigenvalue weighted by Crippen LogP contribution is 2.31. The summed E-state index contributed by atoms with van der Waals surface area (Å²) in [5.74, 6) is 0.700. The van der Waals surface area contributed by atoms with Gasteiger partial charge in [-0.3, -0.25) is 14.6 Å². The highest BCUT2D eigenvalue weighted by molar-refractivity contribution is 7.22. The Morgan fingerprint density at radius 1 is 1.34 bits per heavy atom. The Labute approximate surface area is 172 Å². The molecule has 154 valence electrons. The molecule has 0 saturated carbocycles. The topological polar surface area (TPSA) is 85.6 Å². The van der Waals surface area contributed by atoms with Crippen LogP contribution in [0.1, 0.15) is 6.42 Å². The molecule has 1 amide bonds. The lowest BCUT2D eigenvalue weighted by atomic mass is 10.3. The monoisotopic (exact) mass is 416 g/mol. The molecule has 1 saturated heterocycles. The largest absolute Gasteiger partial charge is 0.497 e. The molecule has 4 rings (SSSR count). The zero-order valence-electron chi connectivity index (χ0n) is 16.4. The van der Waals surface area contributed by atoms with E-state index in [9.17, 15) is 4.79 Å². The second-order valence-corrected chi connectivity index (χ2v) is 7.79. The number of hydrogen-bond acceptors (Lipinski definition) is 8. The number of benzene rings is 1. The minimum absolute atomic E-state index is 0.0523. The third-order valence-electron chi connectivity index (χ3n) is 4.84. The fourth-order valence-electron chi connectivity index (χ4n) is 3.28. The first-order valence-electron chi connectivity index (χ1n) is 9.60. The maximum Gasteiger partial charge on any atom is 0.250 e. The summed E-state index contributed by atoms with van der Waals surface area (Å²) in [7, 11) is 1.63. The van der Waals surface area contributed by atoms with E-state index >= 15 is 0 Å². The Bertz CT molecular complexity index is 939. The van der Waals surface area contributed by atoms with Gasteiger partial charge in [-0.25, -0.2) is 14.6 Å². The van der Waals surface area contributed by atoms with Gasteiger partial charge < -0.3 is 9.47 Å². The zero-order chi connectivity index (χ0) is 20.1. The Morgan fingerprint density at radius 3 is 2.97 bits per heavy atom. The normalized spacial score (nSPS) is 14.9. The number of rotatable bonds is 8. The van der Waals surface area contributed by atoms with Crippen LogP contribution in [-0.4, -0.2) is 77.1 Å². The second kappa shape index (κ2) is 9.29. The molecular formula is C19H24N6O3S. The van der Waals surface area contributed by atoms with Gasteiger partial charge in [-0.1, -0.05) is 11.3 Å². The summed E-state index contributed by atoms with van der Waals surface area (Å²) < 4.78 is 13.3. The number of methoxy groups -OCH3 is 1. The van der Waals surface area contributed by atoms with Crippen molar-refractivity contribution in [2.24, 2.45) is 0 Å². The van der Waals surface area contributed by atoms with Crippen LogP contribution in [0.5, 0.6) is 5.75 Å². The van der Waals surface area contributed by atoms with Crippen molar-refractivity contribution >= 4 is 32.6 Å². The average Bonchev–Trinajstić information content (AvgIpc) is 3.40. The number of anilines is 1. The standard InChI is InChI=1S/C19H24N6O3S/c1-27-15-3-4-17-16(11-15)22-19(29-17)25(18(26)12-24-14-20-13-21-24)6-2-5-23-7-9-28-10-8-23/h3-4,11,13-14H,2,5-10,12H2,1H3. The SMILES string of the molecule is COc1ccc2sc(N(CCCN3CCOCC3)C(=O)Cn3cncn3)nc2c1. The molecule has 0 radical (unpaired) electrons. The molecule has 3 heterocycles. The maximum absolute atomic E-state index is 13.0. The van der Waals surface area contributed by atoms with Crippen LogP contribution in [0.2, 0.25) is 0 Å². The van der Waals surface area contributed by atoms with E-state index in [1.165, 1.54) is 22.3 Å². The number of hydrogen-bond donors (Lipinski definition) is 0. The summed E-state index contributed by atoms with van der Waals surface area (Å²) in [6.45, 7) is 5.08. The van der Waals surface area contributed by atoms with Gasteiger partial charge in [0.05, 0.1) is 30.5 Å². The molecule has 0 bridgehead atoms. The van der Waals surface area contributed by atoms with Gasteiger partial charge >= 0.3 is 0 Å². The number of carbonyl (C=O) groups is 1. The third kappa shape index (κ3) is 4.89. The zero-order valence-corrected chi connectivity index (χ0v) is 17.2. The molecule has 0 unspecified atom stereocenters. The van der Waals surface area contributed by atoms with Crippen LogP contribution in [0.15, 0.2) is 30.9 Å². The first-order chi connectivity index (χ1) is 14.2. The van der Waals surface area contributed by atoms with Gasteiger partial charge in [0.15, 0.2) is 5.13 Å². The van der Waals surface area contributed by atoms with Gasteiger partial charge in [-0.05, 0) is 18.6 Å². The van der Waals surface area contributed by atoms with Crippen molar-refractivity contribution in [1.82, 2.24) is 24.6 Å². The van der Waals surface area contributed by atoms with Crippen molar-refractivity contribution in [3.63, 3.8) is 0 Å². The minimum atomic E-state index is -0.0523. The highest BCUT2D eigenvalue weighted by Gasteiger charge is 2.21. The lowest BCUT2D eigenvalue weighted by molar-refractivity contribution is -0.119. The molecule has 0 aliphatic carbocycles. The Morgan fingerprint density at radius 2 is 2.21 bits per heavy atom. The van der Waals surface area contributed by atoms with Crippen LogP contribution in [0.4, 0.5) is 5.13 Å². The van der Waals surface area contributed by atoms with E-state index in [2.05, 4.69) is 15.0 Å². The van der Waals surface area contributed by atoms with Gasteiger partial charge in [0.25, 0.3) is 5.91 Å². The molecule has 0 atom stereocenters. The van der Waals surface area contributed by atoms with Crippen LogP contribution in [-0.2, 0) is 16.1 Å². The fraction of sp³-hybridized carbons (Fsp3) is 0.474. The number of morpholine rings is 1. The summed E-state index contributed by atoms with van der Waals surface area (Å²) in [5, 5.41) is 4.75. The van der Waals surface area contributed by atoms with E-state index in [1.54, 1.807) is 18.3 Å².